The summed E-state index contributed by atoms with van der Waals surface area (Å²) in [7, 11) is -3.37. The van der Waals surface area contributed by atoms with Crippen molar-refractivity contribution in [3.8, 4) is 0 Å². The maximum Gasteiger partial charge on any atom is 0.243 e. The van der Waals surface area contributed by atoms with Crippen LogP contribution in [0.5, 0.6) is 0 Å². The predicted molar refractivity (Wildman–Crippen MR) is 71.5 cm³/mol. The Kier molecular flexibility index (Phi) is 4.04. The number of piperidine rings is 1. The minimum absolute atomic E-state index is 0.0882. The van der Waals surface area contributed by atoms with Gasteiger partial charge in [-0.25, -0.2) is 8.42 Å². The van der Waals surface area contributed by atoms with Gasteiger partial charge in [0.15, 0.2) is 0 Å². The molecule has 1 heterocycles. The lowest BCUT2D eigenvalue weighted by molar-refractivity contribution is 0.268. The monoisotopic (exact) mass is 268 g/mol. The van der Waals surface area contributed by atoms with Gasteiger partial charge in [0.05, 0.1) is 4.90 Å². The van der Waals surface area contributed by atoms with E-state index in [1.807, 2.05) is 13.0 Å². The van der Waals surface area contributed by atoms with Crippen molar-refractivity contribution in [3.05, 3.63) is 29.8 Å². The van der Waals surface area contributed by atoms with E-state index in [2.05, 4.69) is 0 Å². The van der Waals surface area contributed by atoms with E-state index >= 15 is 0 Å². The van der Waals surface area contributed by atoms with Crippen molar-refractivity contribution in [2.75, 3.05) is 6.54 Å². The van der Waals surface area contributed by atoms with Crippen LogP contribution in [0.2, 0.25) is 0 Å². The first-order valence-corrected chi connectivity index (χ1v) is 7.80. The van der Waals surface area contributed by atoms with E-state index in [1.54, 1.807) is 22.5 Å². The maximum atomic E-state index is 12.6. The average molecular weight is 268 g/mol. The summed E-state index contributed by atoms with van der Waals surface area (Å²) in [6, 6.07) is 7.01. The second-order valence-corrected chi connectivity index (χ2v) is 6.70. The summed E-state index contributed by atoms with van der Waals surface area (Å²) < 4.78 is 26.7. The van der Waals surface area contributed by atoms with Gasteiger partial charge in [0.2, 0.25) is 10.0 Å². The molecule has 1 aliphatic rings. The summed E-state index contributed by atoms with van der Waals surface area (Å²) in [5.74, 6) is 0. The van der Waals surface area contributed by atoms with E-state index in [9.17, 15) is 8.42 Å². The van der Waals surface area contributed by atoms with E-state index in [1.165, 1.54) is 0 Å². The third kappa shape index (κ3) is 2.58. The molecular weight excluding hydrogens is 248 g/mol. The molecule has 0 amide bonds. The summed E-state index contributed by atoms with van der Waals surface area (Å²) in [6.07, 6.45) is 2.99. The van der Waals surface area contributed by atoms with E-state index < -0.39 is 10.0 Å². The molecule has 0 saturated carbocycles. The Balaban J connectivity index is 2.34. The molecule has 18 heavy (non-hydrogen) atoms. The molecule has 2 N–H and O–H groups in total. The first kappa shape index (κ1) is 13.5. The highest BCUT2D eigenvalue weighted by atomic mass is 32.2. The Morgan fingerprint density at radius 2 is 2.17 bits per heavy atom. The highest BCUT2D eigenvalue weighted by Crippen LogP contribution is 2.25. The number of hydrogen-bond donors (Lipinski definition) is 1. The summed E-state index contributed by atoms with van der Waals surface area (Å²) in [5, 5.41) is 0. The van der Waals surface area contributed by atoms with Crippen molar-refractivity contribution < 1.29 is 8.42 Å². The molecule has 100 valence electrons. The standard InChI is InChI=1S/C13H20N2O2S/c1-11-5-2-3-8-15(11)18(16,17)13-7-4-6-12(9-13)10-14/h4,6-7,9,11H,2-3,5,8,10,14H2,1H3. The van der Waals surface area contributed by atoms with Gasteiger partial charge in [-0.3, -0.25) is 0 Å². The van der Waals surface area contributed by atoms with Gasteiger partial charge in [-0.1, -0.05) is 18.6 Å². The second kappa shape index (κ2) is 5.38. The SMILES string of the molecule is CC1CCCCN1S(=O)(=O)c1cccc(CN)c1. The quantitative estimate of drug-likeness (QED) is 0.907. The molecule has 0 aliphatic carbocycles. The van der Waals surface area contributed by atoms with Crippen LogP contribution in [0.15, 0.2) is 29.2 Å². The van der Waals surface area contributed by atoms with Gasteiger partial charge in [0.1, 0.15) is 0 Å². The highest BCUT2D eigenvalue weighted by molar-refractivity contribution is 7.89. The fraction of sp³-hybridized carbons (Fsp3) is 0.538. The molecule has 1 saturated heterocycles. The lowest BCUT2D eigenvalue weighted by atomic mass is 10.1. The van der Waals surface area contributed by atoms with Crippen LogP contribution in [0.3, 0.4) is 0 Å². The van der Waals surface area contributed by atoms with Crippen LogP contribution in [-0.4, -0.2) is 25.3 Å². The fourth-order valence-electron chi connectivity index (χ4n) is 2.40. The number of nitrogens with zero attached hydrogens (tertiary/aromatic N) is 1. The van der Waals surface area contributed by atoms with Gasteiger partial charge in [-0.2, -0.15) is 4.31 Å². The molecule has 1 unspecified atom stereocenters. The molecule has 2 rings (SSSR count). The number of nitrogens with two attached hydrogens (primary N) is 1. The zero-order chi connectivity index (χ0) is 13.2. The van der Waals surface area contributed by atoms with Crippen molar-refractivity contribution in [1.29, 1.82) is 0 Å². The maximum absolute atomic E-state index is 12.6. The summed E-state index contributed by atoms with van der Waals surface area (Å²) in [5.41, 5.74) is 6.41. The van der Waals surface area contributed by atoms with E-state index in [0.29, 0.717) is 18.0 Å². The first-order valence-electron chi connectivity index (χ1n) is 6.36. The third-order valence-corrected chi connectivity index (χ3v) is 5.49. The highest BCUT2D eigenvalue weighted by Gasteiger charge is 2.30. The summed E-state index contributed by atoms with van der Waals surface area (Å²) in [4.78, 5) is 0.360. The Bertz CT molecular complexity index is 513. The molecule has 0 spiro atoms. The van der Waals surface area contributed by atoms with E-state index in [4.69, 9.17) is 5.73 Å². The van der Waals surface area contributed by atoms with Gasteiger partial charge in [-0.05, 0) is 37.5 Å². The zero-order valence-electron chi connectivity index (χ0n) is 10.7. The molecular formula is C13H20N2O2S. The largest absolute Gasteiger partial charge is 0.326 e. The molecule has 1 aliphatic heterocycles. The van der Waals surface area contributed by atoms with Crippen molar-refractivity contribution in [3.63, 3.8) is 0 Å². The molecule has 5 heteroatoms. The molecule has 0 radical (unpaired) electrons. The van der Waals surface area contributed by atoms with Crippen LogP contribution in [0.1, 0.15) is 31.7 Å². The minimum atomic E-state index is -3.37. The van der Waals surface area contributed by atoms with Crippen LogP contribution in [0.25, 0.3) is 0 Å². The Morgan fingerprint density at radius 1 is 1.39 bits per heavy atom. The van der Waals surface area contributed by atoms with Gasteiger partial charge < -0.3 is 5.73 Å². The van der Waals surface area contributed by atoms with Crippen molar-refractivity contribution >= 4 is 10.0 Å². The van der Waals surface area contributed by atoms with Crippen molar-refractivity contribution in [2.24, 2.45) is 5.73 Å². The number of rotatable bonds is 3. The molecule has 1 atom stereocenters. The molecule has 4 nitrogen and oxygen atoms in total. The molecule has 0 aromatic heterocycles. The summed E-state index contributed by atoms with van der Waals surface area (Å²) in [6.45, 7) is 2.96. The van der Waals surface area contributed by atoms with E-state index in [-0.39, 0.29) is 6.04 Å². The van der Waals surface area contributed by atoms with Crippen LogP contribution in [0, 0.1) is 0 Å². The fourth-order valence-corrected chi connectivity index (χ4v) is 4.17. The molecule has 1 fully saturated rings. The molecule has 0 bridgehead atoms. The second-order valence-electron chi connectivity index (χ2n) is 4.81. The van der Waals surface area contributed by atoms with Crippen LogP contribution in [-0.2, 0) is 16.6 Å². The number of sulfonamides is 1. The molecule has 1 aromatic carbocycles. The number of hydrogen-bond acceptors (Lipinski definition) is 3. The number of benzene rings is 1. The van der Waals surface area contributed by atoms with Crippen LogP contribution < -0.4 is 5.73 Å². The lowest BCUT2D eigenvalue weighted by Gasteiger charge is -2.32. The van der Waals surface area contributed by atoms with Gasteiger partial charge in [0.25, 0.3) is 0 Å². The van der Waals surface area contributed by atoms with E-state index in [0.717, 1.165) is 24.8 Å². The first-order chi connectivity index (χ1) is 8.55. The smallest absolute Gasteiger partial charge is 0.243 e. The predicted octanol–water partition coefficient (Wildman–Crippen LogP) is 1.71. The Hall–Kier alpha value is -0.910. The Morgan fingerprint density at radius 3 is 2.83 bits per heavy atom. The average Bonchev–Trinajstić information content (AvgIpc) is 2.39. The zero-order valence-corrected chi connectivity index (χ0v) is 11.5. The summed E-state index contributed by atoms with van der Waals surface area (Å²) >= 11 is 0. The van der Waals surface area contributed by atoms with Gasteiger partial charge in [0, 0.05) is 19.1 Å². The third-order valence-electron chi connectivity index (χ3n) is 3.48. The van der Waals surface area contributed by atoms with Crippen molar-refractivity contribution in [2.45, 2.75) is 43.7 Å². The van der Waals surface area contributed by atoms with Gasteiger partial charge in [-0.15, -0.1) is 0 Å². The lowest BCUT2D eigenvalue weighted by Crippen LogP contribution is -2.41. The van der Waals surface area contributed by atoms with Gasteiger partial charge >= 0.3 is 0 Å². The normalized spacial score (nSPS) is 22.0. The van der Waals surface area contributed by atoms with Crippen LogP contribution in [0.4, 0.5) is 0 Å². The molecule has 1 aromatic rings. The topological polar surface area (TPSA) is 63.4 Å². The Labute approximate surface area is 109 Å². The van der Waals surface area contributed by atoms with Crippen LogP contribution >= 0.6 is 0 Å². The van der Waals surface area contributed by atoms with Crippen molar-refractivity contribution in [1.82, 2.24) is 4.31 Å². The minimum Gasteiger partial charge on any atom is -0.326 e.